The molecule has 12 heteroatoms. The van der Waals surface area contributed by atoms with Crippen molar-refractivity contribution in [2.75, 3.05) is 20.3 Å². The van der Waals surface area contributed by atoms with Gasteiger partial charge in [0.25, 0.3) is 11.2 Å². The highest BCUT2D eigenvalue weighted by molar-refractivity contribution is 7.07. The zero-order valence-electron chi connectivity index (χ0n) is 21.1. The maximum absolute atomic E-state index is 13.7. The first-order valence-corrected chi connectivity index (χ1v) is 12.5. The average molecular weight is 540 g/mol. The zero-order chi connectivity index (χ0) is 27.6. The number of benzene rings is 2. The van der Waals surface area contributed by atoms with E-state index in [0.717, 1.165) is 23.5 Å². The van der Waals surface area contributed by atoms with Crippen molar-refractivity contribution in [1.82, 2.24) is 4.57 Å². The maximum atomic E-state index is 13.7. The number of hydrogen-bond acceptors (Lipinski definition) is 10. The monoisotopic (exact) mass is 539 g/mol. The van der Waals surface area contributed by atoms with Crippen molar-refractivity contribution in [1.29, 1.82) is 0 Å². The van der Waals surface area contributed by atoms with Crippen LogP contribution in [-0.4, -0.2) is 40.9 Å². The Morgan fingerprint density at radius 1 is 1.24 bits per heavy atom. The molecule has 0 aliphatic carbocycles. The molecule has 0 saturated carbocycles. The fraction of sp³-hybridized carbons (Fsp3) is 0.269. The number of nitro benzene ring substituents is 1. The van der Waals surface area contributed by atoms with Crippen LogP contribution in [0.4, 0.5) is 5.69 Å². The van der Waals surface area contributed by atoms with Crippen LogP contribution < -0.4 is 24.4 Å². The zero-order valence-corrected chi connectivity index (χ0v) is 21.9. The van der Waals surface area contributed by atoms with Gasteiger partial charge in [-0.2, -0.15) is 0 Å². The first-order chi connectivity index (χ1) is 18.2. The van der Waals surface area contributed by atoms with E-state index in [4.69, 9.17) is 14.2 Å². The minimum atomic E-state index is -0.837. The minimum Gasteiger partial charge on any atom is -0.504 e. The summed E-state index contributed by atoms with van der Waals surface area (Å²) in [6.07, 6.45) is 1.35. The number of aromatic nitrogens is 1. The molecule has 38 heavy (non-hydrogen) atoms. The molecule has 1 aliphatic heterocycles. The van der Waals surface area contributed by atoms with Crippen LogP contribution in [0.25, 0.3) is 6.08 Å². The molecule has 0 saturated heterocycles. The lowest BCUT2D eigenvalue weighted by molar-refractivity contribution is -0.385. The average Bonchev–Trinajstić information content (AvgIpc) is 3.19. The molecule has 1 unspecified atom stereocenters. The lowest BCUT2D eigenvalue weighted by Gasteiger charge is -2.24. The van der Waals surface area contributed by atoms with E-state index in [0.29, 0.717) is 21.8 Å². The number of ether oxygens (including phenoxy) is 3. The van der Waals surface area contributed by atoms with Gasteiger partial charge in [-0.3, -0.25) is 19.5 Å². The number of hydrogen-bond donors (Lipinski definition) is 1. The molecule has 1 aliphatic rings. The number of phenols is 1. The van der Waals surface area contributed by atoms with Crippen LogP contribution in [0.15, 0.2) is 57.5 Å². The molecule has 2 heterocycles. The fourth-order valence-corrected chi connectivity index (χ4v) is 5.17. The number of non-ortho nitro benzene ring substituents is 1. The van der Waals surface area contributed by atoms with Crippen molar-refractivity contribution in [3.8, 4) is 17.2 Å². The molecule has 1 N–H and O–H groups in total. The summed E-state index contributed by atoms with van der Waals surface area (Å²) in [6.45, 7) is 5.35. The Labute approximate surface area is 220 Å². The fourth-order valence-electron chi connectivity index (χ4n) is 4.13. The molecule has 3 aromatic rings. The largest absolute Gasteiger partial charge is 0.504 e. The minimum absolute atomic E-state index is 0.0373. The molecular weight excluding hydrogens is 514 g/mol. The van der Waals surface area contributed by atoms with Crippen LogP contribution in [0.5, 0.6) is 17.2 Å². The van der Waals surface area contributed by atoms with E-state index in [1.54, 1.807) is 45.0 Å². The molecule has 0 radical (unpaired) electrons. The van der Waals surface area contributed by atoms with E-state index in [2.05, 4.69) is 4.99 Å². The number of thiazole rings is 1. The van der Waals surface area contributed by atoms with Crippen molar-refractivity contribution in [3.63, 3.8) is 0 Å². The summed E-state index contributed by atoms with van der Waals surface area (Å²) in [5.41, 5.74) is 0.485. The second-order valence-electron chi connectivity index (χ2n) is 8.15. The third kappa shape index (κ3) is 4.90. The van der Waals surface area contributed by atoms with Gasteiger partial charge in [0, 0.05) is 11.6 Å². The normalized spacial score (nSPS) is 15.1. The van der Waals surface area contributed by atoms with Gasteiger partial charge >= 0.3 is 5.97 Å². The summed E-state index contributed by atoms with van der Waals surface area (Å²) < 4.78 is 17.4. The number of methoxy groups -OCH3 is 1. The number of carbonyl (C=O) groups is 1. The van der Waals surface area contributed by atoms with E-state index in [1.807, 2.05) is 0 Å². The van der Waals surface area contributed by atoms with Crippen molar-refractivity contribution in [2.24, 2.45) is 4.99 Å². The van der Waals surface area contributed by atoms with Gasteiger partial charge in [0.05, 0.1) is 53.2 Å². The van der Waals surface area contributed by atoms with Crippen LogP contribution in [0.3, 0.4) is 0 Å². The molecule has 0 bridgehead atoms. The first kappa shape index (κ1) is 26.6. The molecule has 0 spiro atoms. The van der Waals surface area contributed by atoms with Gasteiger partial charge < -0.3 is 19.3 Å². The standard InChI is InChI=1S/C26H25N3O8S/c1-5-36-19-13-17(29(33)34)11-16(23(19)30)12-20-24(31)28-22(15-7-9-18(35-4)10-8-15)21(25(32)37-6-2)14(3)27-26(28)38-20/h7-13,22,30H,5-6H2,1-4H3/b20-12-. The van der Waals surface area contributed by atoms with Gasteiger partial charge in [-0.05, 0) is 44.5 Å². The number of nitro groups is 1. The predicted molar refractivity (Wildman–Crippen MR) is 139 cm³/mol. The maximum Gasteiger partial charge on any atom is 0.338 e. The Morgan fingerprint density at radius 3 is 2.55 bits per heavy atom. The molecule has 1 aromatic heterocycles. The summed E-state index contributed by atoms with van der Waals surface area (Å²) in [5.74, 6) is -0.400. The molecule has 1 atom stereocenters. The Hall–Kier alpha value is -4.45. The number of carbonyl (C=O) groups excluding carboxylic acids is 1. The summed E-state index contributed by atoms with van der Waals surface area (Å²) in [4.78, 5) is 42.4. The third-order valence-corrected chi connectivity index (χ3v) is 6.82. The number of fused-ring (bicyclic) bond motifs is 1. The van der Waals surface area contributed by atoms with Crippen molar-refractivity contribution >= 4 is 29.1 Å². The highest BCUT2D eigenvalue weighted by Crippen LogP contribution is 2.35. The molecule has 4 rings (SSSR count). The van der Waals surface area contributed by atoms with E-state index in [1.165, 1.54) is 17.8 Å². The van der Waals surface area contributed by atoms with Gasteiger partial charge in [-0.25, -0.2) is 9.79 Å². The third-order valence-electron chi connectivity index (χ3n) is 5.84. The second kappa shape index (κ2) is 10.9. The van der Waals surface area contributed by atoms with Crippen LogP contribution in [-0.2, 0) is 9.53 Å². The number of nitrogens with zero attached hydrogens (tertiary/aromatic N) is 3. The van der Waals surface area contributed by atoms with E-state index in [9.17, 15) is 24.8 Å². The number of phenolic OH excluding ortho intramolecular Hbond substituents is 1. The lowest BCUT2D eigenvalue weighted by atomic mass is 9.96. The number of aromatic hydroxyl groups is 1. The Morgan fingerprint density at radius 2 is 1.95 bits per heavy atom. The van der Waals surface area contributed by atoms with Gasteiger partial charge in [-0.15, -0.1) is 0 Å². The van der Waals surface area contributed by atoms with E-state index >= 15 is 0 Å². The van der Waals surface area contributed by atoms with E-state index < -0.39 is 22.5 Å². The number of allylic oxidation sites excluding steroid dienone is 1. The van der Waals surface area contributed by atoms with Crippen molar-refractivity contribution in [2.45, 2.75) is 26.8 Å². The van der Waals surface area contributed by atoms with Crippen molar-refractivity contribution in [3.05, 3.63) is 88.6 Å². The summed E-state index contributed by atoms with van der Waals surface area (Å²) in [6, 6.07) is 8.39. The molecule has 11 nitrogen and oxygen atoms in total. The molecule has 0 amide bonds. The highest BCUT2D eigenvalue weighted by Gasteiger charge is 2.33. The second-order valence-corrected chi connectivity index (χ2v) is 9.16. The van der Waals surface area contributed by atoms with Crippen LogP contribution in [0.2, 0.25) is 0 Å². The molecule has 0 fully saturated rings. The number of esters is 1. The highest BCUT2D eigenvalue weighted by atomic mass is 32.1. The lowest BCUT2D eigenvalue weighted by Crippen LogP contribution is -2.39. The van der Waals surface area contributed by atoms with Gasteiger partial charge in [0.2, 0.25) is 0 Å². The quantitative estimate of drug-likeness (QED) is 0.262. The van der Waals surface area contributed by atoms with Crippen LogP contribution in [0, 0.1) is 10.1 Å². The van der Waals surface area contributed by atoms with Gasteiger partial charge in [0.15, 0.2) is 16.3 Å². The Kier molecular flexibility index (Phi) is 7.62. The Bertz CT molecular complexity index is 1620. The predicted octanol–water partition coefficient (Wildman–Crippen LogP) is 2.82. The summed E-state index contributed by atoms with van der Waals surface area (Å²) in [7, 11) is 1.53. The smallest absolute Gasteiger partial charge is 0.338 e. The SMILES string of the molecule is CCOC(=O)C1=C(C)N=c2s/c(=C\c3cc([N+](=O)[O-])cc(OCC)c3O)c(=O)n2C1c1ccc(OC)cc1. The Balaban J connectivity index is 1.96. The van der Waals surface area contributed by atoms with Gasteiger partial charge in [0.1, 0.15) is 5.75 Å². The molecule has 198 valence electrons. The van der Waals surface area contributed by atoms with Gasteiger partial charge in [-0.1, -0.05) is 23.5 Å². The van der Waals surface area contributed by atoms with Crippen LogP contribution >= 0.6 is 11.3 Å². The van der Waals surface area contributed by atoms with E-state index in [-0.39, 0.29) is 46.1 Å². The van der Waals surface area contributed by atoms with Crippen molar-refractivity contribution < 1.29 is 29.0 Å². The summed E-state index contributed by atoms with van der Waals surface area (Å²) >= 11 is 1.03. The van der Waals surface area contributed by atoms with Crippen LogP contribution in [0.1, 0.15) is 37.9 Å². The molecular formula is C26H25N3O8S. The summed E-state index contributed by atoms with van der Waals surface area (Å²) in [5, 5.41) is 22.1. The first-order valence-electron chi connectivity index (χ1n) is 11.7. The molecule has 2 aromatic carbocycles. The number of rotatable bonds is 8. The topological polar surface area (TPSA) is 142 Å².